The first-order valence-electron chi connectivity index (χ1n) is 6.12. The molecule has 0 aliphatic rings. The van der Waals surface area contributed by atoms with Crippen LogP contribution in [0.2, 0.25) is 23.9 Å². The van der Waals surface area contributed by atoms with Crippen LogP contribution >= 0.6 is 0 Å². The van der Waals surface area contributed by atoms with Crippen molar-refractivity contribution in [2.45, 2.75) is 69.3 Å². The van der Waals surface area contributed by atoms with Crippen molar-refractivity contribution in [1.82, 2.24) is 0 Å². The second-order valence-corrected chi connectivity index (χ2v) is 10.6. The van der Waals surface area contributed by atoms with Crippen LogP contribution in [0.5, 0.6) is 0 Å². The van der Waals surface area contributed by atoms with E-state index in [2.05, 4.69) is 37.7 Å². The Hall–Kier alpha value is 0.814. The van der Waals surface area contributed by atoms with Gasteiger partial charge in [0.2, 0.25) is 0 Å². The quantitative estimate of drug-likeness (QED) is 0.400. The van der Waals surface area contributed by atoms with Gasteiger partial charge in [0.05, 0.1) is 0 Å². The summed E-state index contributed by atoms with van der Waals surface area (Å²) in [5.74, 6) is 0. The van der Waals surface area contributed by atoms with Crippen molar-refractivity contribution < 1.29 is 0 Å². The second kappa shape index (κ2) is 8.15. The summed E-state index contributed by atoms with van der Waals surface area (Å²) in [6.07, 6.45) is 8.73. The molecule has 13 heavy (non-hydrogen) atoms. The SMILES string of the molecule is [Li][CH2][Si](C)(C)CCCCCCCC. The summed E-state index contributed by atoms with van der Waals surface area (Å²) in [5.41, 5.74) is 0. The molecule has 2 heteroatoms. The zero-order valence-corrected chi connectivity index (χ0v) is 11.2. The first kappa shape index (κ1) is 13.8. The molecule has 0 aromatic rings. The summed E-state index contributed by atoms with van der Waals surface area (Å²) in [6.45, 7) is 7.34. The Kier molecular flexibility index (Phi) is 8.66. The van der Waals surface area contributed by atoms with Crippen LogP contribution in [0.1, 0.15) is 45.4 Å². The minimum atomic E-state index is -0.746. The third kappa shape index (κ3) is 9.13. The summed E-state index contributed by atoms with van der Waals surface area (Å²) in [6, 6.07) is 1.55. The third-order valence-electron chi connectivity index (χ3n) is 3.16. The van der Waals surface area contributed by atoms with Crippen molar-refractivity contribution >= 4 is 25.8 Å². The molecule has 0 aliphatic heterocycles. The topological polar surface area (TPSA) is 0 Å². The summed E-state index contributed by atoms with van der Waals surface area (Å²) < 4.78 is 1.46. The predicted molar refractivity (Wildman–Crippen MR) is 66.2 cm³/mol. The van der Waals surface area contributed by atoms with Gasteiger partial charge in [-0.15, -0.1) is 0 Å². The van der Waals surface area contributed by atoms with Gasteiger partial charge in [-0.05, 0) is 0 Å². The van der Waals surface area contributed by atoms with Gasteiger partial charge in [0.15, 0.2) is 0 Å². The Morgan fingerprint density at radius 2 is 1.46 bits per heavy atom. The van der Waals surface area contributed by atoms with Crippen molar-refractivity contribution in [1.29, 1.82) is 0 Å². The van der Waals surface area contributed by atoms with Crippen LogP contribution in [0, 0.1) is 0 Å². The van der Waals surface area contributed by atoms with Gasteiger partial charge in [-0.1, -0.05) is 0 Å². The monoisotopic (exact) mass is 192 g/mol. The normalized spacial score (nSPS) is 12.1. The molecule has 0 aliphatic carbocycles. The molecule has 0 N–H and O–H groups in total. The van der Waals surface area contributed by atoms with Crippen LogP contribution in [0.3, 0.4) is 0 Å². The van der Waals surface area contributed by atoms with E-state index < -0.39 is 8.07 Å². The van der Waals surface area contributed by atoms with Crippen molar-refractivity contribution in [3.05, 3.63) is 0 Å². The van der Waals surface area contributed by atoms with Gasteiger partial charge in [0, 0.05) is 0 Å². The molecule has 0 bridgehead atoms. The molecule has 0 spiro atoms. The molecular formula is C11H25LiSi. The number of unbranched alkanes of at least 4 members (excludes halogenated alkanes) is 5. The third-order valence-corrected chi connectivity index (χ3v) is 6.79. The molecule has 74 valence electrons. The first-order chi connectivity index (χ1) is 6.12. The molecule has 0 saturated carbocycles. The molecule has 0 saturated heterocycles. The molecule has 0 radical (unpaired) electrons. The van der Waals surface area contributed by atoms with E-state index in [4.69, 9.17) is 0 Å². The van der Waals surface area contributed by atoms with Gasteiger partial charge in [0.1, 0.15) is 0 Å². The number of rotatable bonds is 8. The second-order valence-electron chi connectivity index (χ2n) is 5.04. The molecule has 0 aromatic heterocycles. The molecule has 0 atom stereocenters. The van der Waals surface area contributed by atoms with Crippen molar-refractivity contribution in [2.75, 3.05) is 0 Å². The Balaban J connectivity index is 3.16. The van der Waals surface area contributed by atoms with Gasteiger partial charge >= 0.3 is 95.1 Å². The minimum absolute atomic E-state index is 0.746. The molecule has 0 rings (SSSR count). The average molecular weight is 192 g/mol. The Bertz CT molecular complexity index is 113. The fourth-order valence-corrected chi connectivity index (χ4v) is 3.12. The van der Waals surface area contributed by atoms with Gasteiger partial charge in [-0.2, -0.15) is 0 Å². The van der Waals surface area contributed by atoms with Crippen molar-refractivity contribution in [3.63, 3.8) is 0 Å². The molecule has 0 heterocycles. The standard InChI is InChI=1S/C11H25Si.Li/c1-5-6-7-8-9-10-11-12(2,3)4;/h2,5-11H2,1,3-4H3;. The summed E-state index contributed by atoms with van der Waals surface area (Å²) in [5, 5.41) is 0. The van der Waals surface area contributed by atoms with E-state index in [1.54, 1.807) is 6.04 Å². The van der Waals surface area contributed by atoms with E-state index in [9.17, 15) is 0 Å². The fourth-order valence-electron chi connectivity index (χ4n) is 1.56. The van der Waals surface area contributed by atoms with E-state index in [0.717, 1.165) is 0 Å². The maximum atomic E-state index is 2.53. The van der Waals surface area contributed by atoms with Crippen LogP contribution in [-0.4, -0.2) is 25.8 Å². The maximum absolute atomic E-state index is 2.53. The van der Waals surface area contributed by atoms with E-state index in [-0.39, 0.29) is 0 Å². The number of hydrogen-bond donors (Lipinski definition) is 0. The van der Waals surface area contributed by atoms with Crippen molar-refractivity contribution in [2.24, 2.45) is 0 Å². The van der Waals surface area contributed by atoms with Gasteiger partial charge in [-0.3, -0.25) is 0 Å². The van der Waals surface area contributed by atoms with Crippen LogP contribution in [0.25, 0.3) is 0 Å². The zero-order valence-electron chi connectivity index (χ0n) is 10.2. The molecule has 0 unspecified atom stereocenters. The van der Waals surface area contributed by atoms with E-state index >= 15 is 0 Å². The zero-order chi connectivity index (χ0) is 10.2. The summed E-state index contributed by atoms with van der Waals surface area (Å²) >= 11 is 2.36. The Morgan fingerprint density at radius 1 is 0.923 bits per heavy atom. The van der Waals surface area contributed by atoms with Crippen LogP contribution in [0.4, 0.5) is 0 Å². The molecule has 0 nitrogen and oxygen atoms in total. The average Bonchev–Trinajstić information content (AvgIpc) is 2.11. The van der Waals surface area contributed by atoms with Crippen LogP contribution in [-0.2, 0) is 0 Å². The molecule has 0 fully saturated rings. The predicted octanol–water partition coefficient (Wildman–Crippen LogP) is 4.18. The van der Waals surface area contributed by atoms with Crippen LogP contribution in [0.15, 0.2) is 0 Å². The van der Waals surface area contributed by atoms with Crippen LogP contribution < -0.4 is 0 Å². The first-order valence-corrected chi connectivity index (χ1v) is 9.54. The summed E-state index contributed by atoms with van der Waals surface area (Å²) in [7, 11) is -0.746. The summed E-state index contributed by atoms with van der Waals surface area (Å²) in [4.78, 5) is 0. The van der Waals surface area contributed by atoms with E-state index in [1.807, 2.05) is 0 Å². The Morgan fingerprint density at radius 3 is 2.00 bits per heavy atom. The van der Waals surface area contributed by atoms with Gasteiger partial charge in [0.25, 0.3) is 0 Å². The van der Waals surface area contributed by atoms with Gasteiger partial charge in [-0.25, -0.2) is 0 Å². The number of hydrogen-bond acceptors (Lipinski definition) is 0. The fraction of sp³-hybridized carbons (Fsp3) is 1.00. The van der Waals surface area contributed by atoms with Gasteiger partial charge < -0.3 is 0 Å². The van der Waals surface area contributed by atoms with E-state index in [1.165, 1.54) is 43.2 Å². The molecule has 0 amide bonds. The van der Waals surface area contributed by atoms with Crippen molar-refractivity contribution in [3.8, 4) is 0 Å². The van der Waals surface area contributed by atoms with E-state index in [0.29, 0.717) is 0 Å². The molecule has 0 aromatic carbocycles. The Labute approximate surface area is 95.1 Å². The molecular weight excluding hydrogens is 167 g/mol.